The largest absolute Gasteiger partial charge is 0.333 e. The van der Waals surface area contributed by atoms with E-state index in [0.29, 0.717) is 13.1 Å². The fraction of sp³-hybridized carbons (Fsp3) is 0.250. The van der Waals surface area contributed by atoms with E-state index in [1.807, 2.05) is 96.5 Å². The fourth-order valence-electron chi connectivity index (χ4n) is 3.40. The molecule has 2 unspecified atom stereocenters. The monoisotopic (exact) mass is 374 g/mol. The van der Waals surface area contributed by atoms with Gasteiger partial charge in [0.2, 0.25) is 11.8 Å². The topological polar surface area (TPSA) is 40.6 Å². The number of piperazine rings is 1. The first kappa shape index (κ1) is 19.6. The summed E-state index contributed by atoms with van der Waals surface area (Å²) in [5.74, 6) is -0.0368. The SMILES string of the molecule is CC1CN(C(=O)/C=C/c2ccccc2)C(C)CN1C(=O)/C=C/c1ccccc1. The molecule has 1 aliphatic rings. The highest BCUT2D eigenvalue weighted by Gasteiger charge is 2.32. The first-order chi connectivity index (χ1) is 13.5. The molecule has 0 aromatic heterocycles. The predicted octanol–water partition coefficient (Wildman–Crippen LogP) is 3.86. The summed E-state index contributed by atoms with van der Waals surface area (Å²) in [6.45, 7) is 5.04. The maximum Gasteiger partial charge on any atom is 0.246 e. The third-order valence-corrected chi connectivity index (χ3v) is 4.99. The normalized spacial score (nSPS) is 20.1. The van der Waals surface area contributed by atoms with Gasteiger partial charge in [-0.25, -0.2) is 0 Å². The Hall–Kier alpha value is -3.14. The van der Waals surface area contributed by atoms with Gasteiger partial charge in [0.05, 0.1) is 0 Å². The van der Waals surface area contributed by atoms with Crippen molar-refractivity contribution in [1.82, 2.24) is 9.80 Å². The van der Waals surface area contributed by atoms with E-state index in [4.69, 9.17) is 0 Å². The Morgan fingerprint density at radius 3 is 1.43 bits per heavy atom. The average Bonchev–Trinajstić information content (AvgIpc) is 2.73. The summed E-state index contributed by atoms with van der Waals surface area (Å²) in [5.41, 5.74) is 1.99. The van der Waals surface area contributed by atoms with Crippen LogP contribution in [0.3, 0.4) is 0 Å². The highest BCUT2D eigenvalue weighted by Crippen LogP contribution is 2.17. The Morgan fingerprint density at radius 1 is 0.714 bits per heavy atom. The summed E-state index contributed by atoms with van der Waals surface area (Å²) in [4.78, 5) is 29.0. The van der Waals surface area contributed by atoms with Gasteiger partial charge in [0, 0.05) is 37.3 Å². The van der Waals surface area contributed by atoms with Gasteiger partial charge in [-0.3, -0.25) is 9.59 Å². The maximum atomic E-state index is 12.6. The second-order valence-corrected chi connectivity index (χ2v) is 7.17. The van der Waals surface area contributed by atoms with Crippen molar-refractivity contribution in [2.45, 2.75) is 25.9 Å². The number of benzene rings is 2. The molecule has 144 valence electrons. The second kappa shape index (κ2) is 9.18. The van der Waals surface area contributed by atoms with Crippen molar-refractivity contribution in [3.8, 4) is 0 Å². The predicted molar refractivity (Wildman–Crippen MR) is 113 cm³/mol. The van der Waals surface area contributed by atoms with Gasteiger partial charge in [-0.05, 0) is 37.1 Å². The van der Waals surface area contributed by atoms with Gasteiger partial charge in [-0.1, -0.05) is 60.7 Å². The molecule has 4 heteroatoms. The first-order valence-electron chi connectivity index (χ1n) is 9.62. The van der Waals surface area contributed by atoms with E-state index in [2.05, 4.69) is 0 Å². The molecule has 0 bridgehead atoms. The molecule has 28 heavy (non-hydrogen) atoms. The Balaban J connectivity index is 1.61. The van der Waals surface area contributed by atoms with Crippen LogP contribution in [0, 0.1) is 0 Å². The van der Waals surface area contributed by atoms with Gasteiger partial charge in [0.15, 0.2) is 0 Å². The van der Waals surface area contributed by atoms with Gasteiger partial charge >= 0.3 is 0 Å². The molecule has 4 nitrogen and oxygen atoms in total. The van der Waals surface area contributed by atoms with Crippen molar-refractivity contribution in [2.75, 3.05) is 13.1 Å². The van der Waals surface area contributed by atoms with Gasteiger partial charge in [-0.15, -0.1) is 0 Å². The second-order valence-electron chi connectivity index (χ2n) is 7.17. The molecule has 0 N–H and O–H groups in total. The smallest absolute Gasteiger partial charge is 0.246 e. The molecular formula is C24H26N2O2. The van der Waals surface area contributed by atoms with E-state index >= 15 is 0 Å². The Labute approximate surface area is 166 Å². The van der Waals surface area contributed by atoms with E-state index in [1.165, 1.54) is 0 Å². The molecular weight excluding hydrogens is 348 g/mol. The number of rotatable bonds is 4. The van der Waals surface area contributed by atoms with Gasteiger partial charge in [0.1, 0.15) is 0 Å². The van der Waals surface area contributed by atoms with E-state index in [1.54, 1.807) is 12.2 Å². The molecule has 0 saturated carbocycles. The lowest BCUT2D eigenvalue weighted by atomic mass is 10.1. The number of carbonyl (C=O) groups is 2. The third kappa shape index (κ3) is 4.97. The molecule has 2 aromatic carbocycles. The average molecular weight is 374 g/mol. The molecule has 1 fully saturated rings. The highest BCUT2D eigenvalue weighted by molar-refractivity contribution is 5.94. The number of amides is 2. The minimum absolute atomic E-state index is 0.0184. The van der Waals surface area contributed by atoms with Crippen molar-refractivity contribution < 1.29 is 9.59 Å². The van der Waals surface area contributed by atoms with Crippen LogP contribution in [0.2, 0.25) is 0 Å². The number of hydrogen-bond donors (Lipinski definition) is 0. The molecule has 0 radical (unpaired) electrons. The van der Waals surface area contributed by atoms with Crippen LogP contribution in [0.4, 0.5) is 0 Å². The summed E-state index contributed by atoms with van der Waals surface area (Å²) < 4.78 is 0. The Bertz CT molecular complexity index is 785. The van der Waals surface area contributed by atoms with E-state index in [0.717, 1.165) is 11.1 Å². The zero-order chi connectivity index (χ0) is 19.9. The third-order valence-electron chi connectivity index (χ3n) is 4.99. The fourth-order valence-corrected chi connectivity index (χ4v) is 3.40. The van der Waals surface area contributed by atoms with Crippen LogP contribution in [0.1, 0.15) is 25.0 Å². The standard InChI is InChI=1S/C24H26N2O2/c1-19-17-26(24(28)16-14-22-11-7-4-8-12-22)20(2)18-25(19)23(27)15-13-21-9-5-3-6-10-21/h3-16,19-20H,17-18H2,1-2H3/b15-13+,16-14+. The highest BCUT2D eigenvalue weighted by atomic mass is 16.2. The minimum Gasteiger partial charge on any atom is -0.333 e. The molecule has 2 aromatic rings. The van der Waals surface area contributed by atoms with Crippen LogP contribution in [0.15, 0.2) is 72.8 Å². The van der Waals surface area contributed by atoms with Crippen LogP contribution in [0.5, 0.6) is 0 Å². The Morgan fingerprint density at radius 2 is 1.07 bits per heavy atom. The molecule has 2 amide bonds. The summed E-state index contributed by atoms with van der Waals surface area (Å²) in [6, 6.07) is 19.5. The lowest BCUT2D eigenvalue weighted by molar-refractivity contribution is -0.139. The minimum atomic E-state index is -0.0294. The molecule has 0 spiro atoms. The van der Waals surface area contributed by atoms with Crippen LogP contribution in [0.25, 0.3) is 12.2 Å². The maximum absolute atomic E-state index is 12.6. The van der Waals surface area contributed by atoms with Crippen molar-refractivity contribution in [3.63, 3.8) is 0 Å². The molecule has 2 atom stereocenters. The lowest BCUT2D eigenvalue weighted by Gasteiger charge is -2.43. The summed E-state index contributed by atoms with van der Waals surface area (Å²) >= 11 is 0. The van der Waals surface area contributed by atoms with Crippen LogP contribution >= 0.6 is 0 Å². The summed E-state index contributed by atoms with van der Waals surface area (Å²) in [6.07, 6.45) is 6.90. The number of nitrogens with zero attached hydrogens (tertiary/aromatic N) is 2. The van der Waals surface area contributed by atoms with Gasteiger partial charge in [-0.2, -0.15) is 0 Å². The van der Waals surface area contributed by atoms with E-state index in [9.17, 15) is 9.59 Å². The molecule has 0 aliphatic carbocycles. The van der Waals surface area contributed by atoms with Crippen LogP contribution in [-0.4, -0.2) is 46.8 Å². The number of hydrogen-bond acceptors (Lipinski definition) is 2. The van der Waals surface area contributed by atoms with E-state index < -0.39 is 0 Å². The van der Waals surface area contributed by atoms with Crippen molar-refractivity contribution in [2.24, 2.45) is 0 Å². The molecule has 3 rings (SSSR count). The van der Waals surface area contributed by atoms with E-state index in [-0.39, 0.29) is 23.9 Å². The van der Waals surface area contributed by atoms with Crippen LogP contribution < -0.4 is 0 Å². The Kier molecular flexibility index (Phi) is 6.43. The first-order valence-corrected chi connectivity index (χ1v) is 9.62. The summed E-state index contributed by atoms with van der Waals surface area (Å²) in [7, 11) is 0. The lowest BCUT2D eigenvalue weighted by Crippen LogP contribution is -2.59. The zero-order valence-corrected chi connectivity index (χ0v) is 16.4. The van der Waals surface area contributed by atoms with Gasteiger partial charge < -0.3 is 9.80 Å². The summed E-state index contributed by atoms with van der Waals surface area (Å²) in [5, 5.41) is 0. The zero-order valence-electron chi connectivity index (χ0n) is 16.4. The number of carbonyl (C=O) groups excluding carboxylic acids is 2. The van der Waals surface area contributed by atoms with Crippen LogP contribution in [-0.2, 0) is 9.59 Å². The molecule has 1 aliphatic heterocycles. The molecule has 1 heterocycles. The van der Waals surface area contributed by atoms with Crippen molar-refractivity contribution in [3.05, 3.63) is 83.9 Å². The quantitative estimate of drug-likeness (QED) is 0.763. The molecule has 1 saturated heterocycles. The van der Waals surface area contributed by atoms with Crippen molar-refractivity contribution >= 4 is 24.0 Å². The van der Waals surface area contributed by atoms with Gasteiger partial charge in [0.25, 0.3) is 0 Å². The van der Waals surface area contributed by atoms with Crippen molar-refractivity contribution in [1.29, 1.82) is 0 Å².